The van der Waals surface area contributed by atoms with Crippen LogP contribution in [-0.2, 0) is 0 Å². The number of nitrogens with zero attached hydrogens (tertiary/aromatic N) is 2. The molecule has 5 nitrogen and oxygen atoms in total. The molecule has 0 fully saturated rings. The van der Waals surface area contributed by atoms with E-state index in [1.165, 1.54) is 36.7 Å². The average Bonchev–Trinajstić information content (AvgIpc) is 2.67. The molecule has 0 radical (unpaired) electrons. The summed E-state index contributed by atoms with van der Waals surface area (Å²) in [7, 11) is 0. The lowest BCUT2D eigenvalue weighted by molar-refractivity contribution is 0.0696. The van der Waals surface area contributed by atoms with Crippen molar-refractivity contribution in [1.82, 2.24) is 9.97 Å². The zero-order chi connectivity index (χ0) is 17.6. The van der Waals surface area contributed by atoms with Gasteiger partial charge in [-0.3, -0.25) is 4.79 Å². The van der Waals surface area contributed by atoms with Crippen LogP contribution < -0.4 is 0 Å². The molecule has 25 heavy (non-hydrogen) atoms. The second kappa shape index (κ2) is 7.31. The molecule has 122 valence electrons. The van der Waals surface area contributed by atoms with Crippen molar-refractivity contribution in [2.45, 2.75) is 0 Å². The van der Waals surface area contributed by atoms with E-state index in [-0.39, 0.29) is 11.3 Å². The van der Waals surface area contributed by atoms with E-state index >= 15 is 0 Å². The van der Waals surface area contributed by atoms with Crippen LogP contribution in [0.25, 0.3) is 17.2 Å². The van der Waals surface area contributed by atoms with Crippen molar-refractivity contribution in [3.05, 3.63) is 90.0 Å². The zero-order valence-electron chi connectivity index (χ0n) is 13.2. The van der Waals surface area contributed by atoms with E-state index in [0.717, 1.165) is 16.7 Å². The molecular formula is C20H14N2O3. The van der Waals surface area contributed by atoms with Crippen LogP contribution >= 0.6 is 0 Å². The van der Waals surface area contributed by atoms with Gasteiger partial charge in [0, 0.05) is 23.5 Å². The molecule has 1 N–H and O–H groups in total. The van der Waals surface area contributed by atoms with Crippen molar-refractivity contribution in [2.75, 3.05) is 0 Å². The first kappa shape index (κ1) is 16.3. The molecule has 0 aliphatic rings. The van der Waals surface area contributed by atoms with Crippen LogP contribution in [0.5, 0.6) is 0 Å². The minimum atomic E-state index is -1.02. The normalized spacial score (nSPS) is 10.7. The Bertz CT molecular complexity index is 915. The van der Waals surface area contributed by atoms with Gasteiger partial charge in [0.1, 0.15) is 6.33 Å². The summed E-state index contributed by atoms with van der Waals surface area (Å²) in [6, 6.07) is 13.5. The number of hydrogen-bond donors (Lipinski definition) is 1. The maximum Gasteiger partial charge on any atom is 0.335 e. The van der Waals surface area contributed by atoms with Crippen molar-refractivity contribution >= 4 is 17.8 Å². The second-order valence-electron chi connectivity index (χ2n) is 5.33. The standard InChI is InChI=1S/C20H14N2O3/c23-19(16-6-8-17(9-7-16)20(24)25)10-3-14-1-4-15(5-2-14)18-11-21-13-22-12-18/h1-13H,(H,24,25)/b10-3+. The van der Waals surface area contributed by atoms with Gasteiger partial charge in [0.15, 0.2) is 5.78 Å². The fourth-order valence-electron chi connectivity index (χ4n) is 2.28. The molecule has 0 aliphatic heterocycles. The molecule has 1 aromatic heterocycles. The number of carbonyl (C=O) groups is 2. The molecule has 5 heteroatoms. The van der Waals surface area contributed by atoms with Crippen molar-refractivity contribution < 1.29 is 14.7 Å². The molecule has 3 aromatic rings. The number of aromatic nitrogens is 2. The summed E-state index contributed by atoms with van der Waals surface area (Å²) in [4.78, 5) is 30.9. The molecular weight excluding hydrogens is 316 g/mol. The van der Waals surface area contributed by atoms with Crippen LogP contribution in [0, 0.1) is 0 Å². The lowest BCUT2D eigenvalue weighted by Gasteiger charge is -2.01. The van der Waals surface area contributed by atoms with Crippen LogP contribution in [-0.4, -0.2) is 26.8 Å². The minimum absolute atomic E-state index is 0.154. The number of allylic oxidation sites excluding steroid dienone is 1. The molecule has 0 spiro atoms. The highest BCUT2D eigenvalue weighted by Gasteiger charge is 2.05. The van der Waals surface area contributed by atoms with Crippen molar-refractivity contribution in [3.63, 3.8) is 0 Å². The fraction of sp³-hybridized carbons (Fsp3) is 0. The predicted octanol–water partition coefficient (Wildman–Crippen LogP) is 3.74. The highest BCUT2D eigenvalue weighted by atomic mass is 16.4. The van der Waals surface area contributed by atoms with Gasteiger partial charge in [-0.2, -0.15) is 0 Å². The van der Waals surface area contributed by atoms with Gasteiger partial charge in [-0.25, -0.2) is 14.8 Å². The first-order valence-electron chi connectivity index (χ1n) is 7.55. The molecule has 0 saturated carbocycles. The van der Waals surface area contributed by atoms with E-state index in [4.69, 9.17) is 5.11 Å². The summed E-state index contributed by atoms with van der Waals surface area (Å²) in [6.45, 7) is 0. The van der Waals surface area contributed by atoms with E-state index in [1.54, 1.807) is 18.5 Å². The van der Waals surface area contributed by atoms with Gasteiger partial charge in [0.05, 0.1) is 5.56 Å². The number of rotatable bonds is 5. The number of carboxylic acid groups (broad SMARTS) is 1. The minimum Gasteiger partial charge on any atom is -0.478 e. The fourth-order valence-corrected chi connectivity index (χ4v) is 2.28. The Hall–Kier alpha value is -3.60. The number of benzene rings is 2. The van der Waals surface area contributed by atoms with Gasteiger partial charge >= 0.3 is 5.97 Å². The first-order chi connectivity index (χ1) is 12.1. The average molecular weight is 330 g/mol. The quantitative estimate of drug-likeness (QED) is 0.569. The highest BCUT2D eigenvalue weighted by Crippen LogP contribution is 2.18. The molecule has 0 unspecified atom stereocenters. The largest absolute Gasteiger partial charge is 0.478 e. The van der Waals surface area contributed by atoms with Gasteiger partial charge in [-0.1, -0.05) is 42.5 Å². The number of carbonyl (C=O) groups excluding carboxylic acids is 1. The van der Waals surface area contributed by atoms with E-state index < -0.39 is 5.97 Å². The Kier molecular flexibility index (Phi) is 4.76. The maximum absolute atomic E-state index is 12.1. The van der Waals surface area contributed by atoms with E-state index in [9.17, 15) is 9.59 Å². The van der Waals surface area contributed by atoms with Gasteiger partial charge in [-0.15, -0.1) is 0 Å². The smallest absolute Gasteiger partial charge is 0.335 e. The van der Waals surface area contributed by atoms with Crippen LogP contribution in [0.4, 0.5) is 0 Å². The van der Waals surface area contributed by atoms with Crippen molar-refractivity contribution in [2.24, 2.45) is 0 Å². The summed E-state index contributed by atoms with van der Waals surface area (Å²) in [5.74, 6) is -1.20. The first-order valence-corrected chi connectivity index (χ1v) is 7.55. The number of hydrogen-bond acceptors (Lipinski definition) is 4. The lowest BCUT2D eigenvalue weighted by atomic mass is 10.0. The van der Waals surface area contributed by atoms with Crippen LogP contribution in [0.3, 0.4) is 0 Å². The summed E-state index contributed by atoms with van der Waals surface area (Å²) in [6.07, 6.45) is 8.15. The highest BCUT2D eigenvalue weighted by molar-refractivity contribution is 6.07. The third-order valence-electron chi connectivity index (χ3n) is 3.65. The topological polar surface area (TPSA) is 80.1 Å². The van der Waals surface area contributed by atoms with Gasteiger partial charge in [-0.05, 0) is 29.3 Å². The molecule has 0 aliphatic carbocycles. The Morgan fingerprint density at radius 3 is 2.00 bits per heavy atom. The summed E-state index contributed by atoms with van der Waals surface area (Å²) >= 11 is 0. The van der Waals surface area contributed by atoms with E-state index in [0.29, 0.717) is 5.56 Å². The monoisotopic (exact) mass is 330 g/mol. The number of carboxylic acids is 1. The van der Waals surface area contributed by atoms with Gasteiger partial charge in [0.2, 0.25) is 0 Å². The number of ketones is 1. The lowest BCUT2D eigenvalue weighted by Crippen LogP contribution is -1.98. The predicted molar refractivity (Wildman–Crippen MR) is 94.2 cm³/mol. The molecule has 0 bridgehead atoms. The summed E-state index contributed by atoms with van der Waals surface area (Å²) in [5.41, 5.74) is 3.40. The van der Waals surface area contributed by atoms with Crippen molar-refractivity contribution in [3.8, 4) is 11.1 Å². The summed E-state index contributed by atoms with van der Waals surface area (Å²) in [5, 5.41) is 8.86. The van der Waals surface area contributed by atoms with Gasteiger partial charge < -0.3 is 5.11 Å². The molecule has 3 rings (SSSR count). The Balaban J connectivity index is 1.71. The SMILES string of the molecule is O=C(O)c1ccc(C(=O)/C=C/c2ccc(-c3cncnc3)cc2)cc1. The Labute approximate surface area is 144 Å². The Morgan fingerprint density at radius 2 is 1.40 bits per heavy atom. The second-order valence-corrected chi connectivity index (χ2v) is 5.33. The number of aromatic carboxylic acids is 1. The zero-order valence-corrected chi connectivity index (χ0v) is 13.2. The van der Waals surface area contributed by atoms with Gasteiger partial charge in [0.25, 0.3) is 0 Å². The molecule has 0 saturated heterocycles. The summed E-state index contributed by atoms with van der Waals surface area (Å²) < 4.78 is 0. The van der Waals surface area contributed by atoms with E-state index in [2.05, 4.69) is 9.97 Å². The Morgan fingerprint density at radius 1 is 0.800 bits per heavy atom. The molecule has 0 amide bonds. The molecule has 1 heterocycles. The molecule has 2 aromatic carbocycles. The van der Waals surface area contributed by atoms with Crippen molar-refractivity contribution in [1.29, 1.82) is 0 Å². The third-order valence-corrected chi connectivity index (χ3v) is 3.65. The molecule has 0 atom stereocenters. The maximum atomic E-state index is 12.1. The van der Waals surface area contributed by atoms with E-state index in [1.807, 2.05) is 24.3 Å². The third kappa shape index (κ3) is 4.03. The van der Waals surface area contributed by atoms with Crippen LogP contribution in [0.2, 0.25) is 0 Å². The van der Waals surface area contributed by atoms with Crippen LogP contribution in [0.1, 0.15) is 26.3 Å². The van der Waals surface area contributed by atoms with Crippen LogP contribution in [0.15, 0.2) is 73.3 Å².